The van der Waals surface area contributed by atoms with Gasteiger partial charge in [-0.2, -0.15) is 0 Å². The molecule has 0 saturated carbocycles. The number of rotatable bonds is 3. The summed E-state index contributed by atoms with van der Waals surface area (Å²) in [6, 6.07) is 7.93. The van der Waals surface area contributed by atoms with E-state index < -0.39 is 0 Å². The van der Waals surface area contributed by atoms with Crippen molar-refractivity contribution in [2.75, 3.05) is 20.2 Å². The molecule has 1 aliphatic rings. The van der Waals surface area contributed by atoms with Crippen molar-refractivity contribution in [1.29, 1.82) is 0 Å². The first-order chi connectivity index (χ1) is 9.78. The monoisotopic (exact) mass is 333 g/mol. The van der Waals surface area contributed by atoms with Crippen molar-refractivity contribution in [1.82, 2.24) is 15.3 Å². The summed E-state index contributed by atoms with van der Waals surface area (Å²) < 4.78 is 6.18. The molecule has 1 aliphatic heterocycles. The van der Waals surface area contributed by atoms with Crippen LogP contribution in [0.2, 0.25) is 0 Å². The highest BCUT2D eigenvalue weighted by molar-refractivity contribution is 9.10. The maximum absolute atomic E-state index is 5.25. The number of halogens is 1. The second-order valence-corrected chi connectivity index (χ2v) is 5.69. The molecule has 1 fully saturated rings. The summed E-state index contributed by atoms with van der Waals surface area (Å²) in [4.78, 5) is 9.12. The predicted octanol–water partition coefficient (Wildman–Crippen LogP) is 2.99. The molecule has 1 aromatic heterocycles. The molecule has 104 valence electrons. The standard InChI is InChI=1S/C15H16BrN3O/c1-20-14-3-2-10(8-12(14)16)13-5-7-18-15(19-13)11-4-6-17-9-11/h2-3,5,7-8,11,17H,4,6,9H2,1H3. The average molecular weight is 334 g/mol. The molecule has 4 nitrogen and oxygen atoms in total. The predicted molar refractivity (Wildman–Crippen MR) is 81.9 cm³/mol. The zero-order valence-corrected chi connectivity index (χ0v) is 12.9. The molecule has 5 heteroatoms. The molecule has 1 N–H and O–H groups in total. The summed E-state index contributed by atoms with van der Waals surface area (Å²) in [5.41, 5.74) is 2.01. The Labute approximate surface area is 126 Å². The Balaban J connectivity index is 1.93. The fourth-order valence-electron chi connectivity index (χ4n) is 2.43. The van der Waals surface area contributed by atoms with Gasteiger partial charge in [-0.1, -0.05) is 0 Å². The van der Waals surface area contributed by atoms with Gasteiger partial charge in [0.05, 0.1) is 17.3 Å². The highest BCUT2D eigenvalue weighted by atomic mass is 79.9. The van der Waals surface area contributed by atoms with E-state index in [4.69, 9.17) is 9.72 Å². The van der Waals surface area contributed by atoms with Gasteiger partial charge in [0, 0.05) is 24.2 Å². The summed E-state index contributed by atoms with van der Waals surface area (Å²) in [7, 11) is 1.66. The molecular weight excluding hydrogens is 318 g/mol. The molecule has 2 aromatic rings. The fraction of sp³-hybridized carbons (Fsp3) is 0.333. The minimum atomic E-state index is 0.427. The number of nitrogens with one attached hydrogen (secondary N) is 1. The molecule has 1 aromatic carbocycles. The van der Waals surface area contributed by atoms with Crippen LogP contribution in [0.5, 0.6) is 5.75 Å². The highest BCUT2D eigenvalue weighted by Crippen LogP contribution is 2.30. The average Bonchev–Trinajstić information content (AvgIpc) is 3.01. The normalized spacial score (nSPS) is 18.2. The quantitative estimate of drug-likeness (QED) is 0.937. The molecule has 20 heavy (non-hydrogen) atoms. The van der Waals surface area contributed by atoms with E-state index in [2.05, 4.69) is 26.2 Å². The summed E-state index contributed by atoms with van der Waals surface area (Å²) in [6.45, 7) is 2.02. The van der Waals surface area contributed by atoms with E-state index in [9.17, 15) is 0 Å². The summed E-state index contributed by atoms with van der Waals surface area (Å²) >= 11 is 3.51. The van der Waals surface area contributed by atoms with Gasteiger partial charge in [0.2, 0.25) is 0 Å². The van der Waals surface area contributed by atoms with Gasteiger partial charge in [0.1, 0.15) is 11.6 Å². The lowest BCUT2D eigenvalue weighted by molar-refractivity contribution is 0.412. The fourth-order valence-corrected chi connectivity index (χ4v) is 2.97. The van der Waals surface area contributed by atoms with Crippen LogP contribution in [0.3, 0.4) is 0 Å². The highest BCUT2D eigenvalue weighted by Gasteiger charge is 2.19. The maximum atomic E-state index is 5.25. The molecule has 1 saturated heterocycles. The summed E-state index contributed by atoms with van der Waals surface area (Å²) in [6.07, 6.45) is 2.95. The van der Waals surface area contributed by atoms with Crippen molar-refractivity contribution >= 4 is 15.9 Å². The minimum absolute atomic E-state index is 0.427. The van der Waals surface area contributed by atoms with Crippen molar-refractivity contribution in [3.8, 4) is 17.0 Å². The zero-order chi connectivity index (χ0) is 13.9. The van der Waals surface area contributed by atoms with Gasteiger partial charge in [0.15, 0.2) is 0 Å². The molecule has 2 heterocycles. The number of hydrogen-bond donors (Lipinski definition) is 1. The number of nitrogens with zero attached hydrogens (tertiary/aromatic N) is 2. The third kappa shape index (κ3) is 2.69. The van der Waals surface area contributed by atoms with Gasteiger partial charge in [-0.3, -0.25) is 0 Å². The molecule has 0 bridgehead atoms. The van der Waals surface area contributed by atoms with Crippen LogP contribution in [-0.2, 0) is 0 Å². The third-order valence-corrected chi connectivity index (χ3v) is 4.17. The number of ether oxygens (including phenoxy) is 1. The second kappa shape index (κ2) is 5.89. The lowest BCUT2D eigenvalue weighted by atomic mass is 10.1. The van der Waals surface area contributed by atoms with E-state index in [1.165, 1.54) is 0 Å². The van der Waals surface area contributed by atoms with Crippen molar-refractivity contribution in [2.45, 2.75) is 12.3 Å². The second-order valence-electron chi connectivity index (χ2n) is 4.84. The smallest absolute Gasteiger partial charge is 0.133 e. The Kier molecular flexibility index (Phi) is 3.98. The van der Waals surface area contributed by atoms with Gasteiger partial charge >= 0.3 is 0 Å². The Bertz CT molecular complexity index is 612. The number of benzene rings is 1. The van der Waals surface area contributed by atoms with E-state index in [0.29, 0.717) is 5.92 Å². The number of aromatic nitrogens is 2. The molecule has 1 unspecified atom stereocenters. The van der Waals surface area contributed by atoms with E-state index in [0.717, 1.165) is 46.8 Å². The van der Waals surface area contributed by atoms with Crippen molar-refractivity contribution in [3.05, 3.63) is 40.8 Å². The molecule has 3 rings (SSSR count). The van der Waals surface area contributed by atoms with Gasteiger partial charge in [-0.15, -0.1) is 0 Å². The van der Waals surface area contributed by atoms with Gasteiger partial charge in [-0.25, -0.2) is 9.97 Å². The molecule has 0 aliphatic carbocycles. The first kappa shape index (κ1) is 13.5. The topological polar surface area (TPSA) is 47.0 Å². The van der Waals surface area contributed by atoms with E-state index >= 15 is 0 Å². The van der Waals surface area contributed by atoms with Crippen LogP contribution in [0.4, 0.5) is 0 Å². The van der Waals surface area contributed by atoms with Crippen LogP contribution in [0, 0.1) is 0 Å². The molecule has 1 atom stereocenters. The maximum Gasteiger partial charge on any atom is 0.133 e. The van der Waals surface area contributed by atoms with Crippen LogP contribution < -0.4 is 10.1 Å². The van der Waals surface area contributed by atoms with E-state index in [1.807, 2.05) is 30.5 Å². The Morgan fingerprint density at radius 3 is 2.95 bits per heavy atom. The lowest BCUT2D eigenvalue weighted by Crippen LogP contribution is -2.10. The van der Waals surface area contributed by atoms with Gasteiger partial charge < -0.3 is 10.1 Å². The van der Waals surface area contributed by atoms with E-state index in [-0.39, 0.29) is 0 Å². The minimum Gasteiger partial charge on any atom is -0.496 e. The molecular formula is C15H16BrN3O. The first-order valence-electron chi connectivity index (χ1n) is 6.65. The molecule has 0 radical (unpaired) electrons. The van der Waals surface area contributed by atoms with Crippen molar-refractivity contribution in [3.63, 3.8) is 0 Å². The van der Waals surface area contributed by atoms with Crippen molar-refractivity contribution < 1.29 is 4.74 Å². The van der Waals surface area contributed by atoms with Crippen LogP contribution in [0.1, 0.15) is 18.2 Å². The van der Waals surface area contributed by atoms with Crippen LogP contribution in [0.15, 0.2) is 34.9 Å². The van der Waals surface area contributed by atoms with E-state index in [1.54, 1.807) is 7.11 Å². The van der Waals surface area contributed by atoms with Crippen LogP contribution in [-0.4, -0.2) is 30.2 Å². The lowest BCUT2D eigenvalue weighted by Gasteiger charge is -2.10. The SMILES string of the molecule is COc1ccc(-c2ccnc(C3CCNC3)n2)cc1Br. The van der Waals surface area contributed by atoms with Crippen LogP contribution in [0.25, 0.3) is 11.3 Å². The summed E-state index contributed by atoms with van der Waals surface area (Å²) in [5.74, 6) is 2.18. The third-order valence-electron chi connectivity index (χ3n) is 3.55. The van der Waals surface area contributed by atoms with Crippen molar-refractivity contribution in [2.24, 2.45) is 0 Å². The van der Waals surface area contributed by atoms with Gasteiger partial charge in [-0.05, 0) is 53.2 Å². The Hall–Kier alpha value is -1.46. The zero-order valence-electron chi connectivity index (χ0n) is 11.3. The van der Waals surface area contributed by atoms with Crippen LogP contribution >= 0.6 is 15.9 Å². The Morgan fingerprint density at radius 2 is 2.25 bits per heavy atom. The largest absolute Gasteiger partial charge is 0.496 e. The Morgan fingerprint density at radius 1 is 1.35 bits per heavy atom. The number of methoxy groups -OCH3 is 1. The van der Waals surface area contributed by atoms with Gasteiger partial charge in [0.25, 0.3) is 0 Å². The molecule has 0 spiro atoms. The first-order valence-corrected chi connectivity index (χ1v) is 7.45. The summed E-state index contributed by atoms with van der Waals surface area (Å²) in [5, 5.41) is 3.35. The molecule has 0 amide bonds. The number of hydrogen-bond acceptors (Lipinski definition) is 4.